The molecule has 1 aliphatic heterocycles. The molecule has 2 amide bonds. The standard InChI is InChI=1S/C13H9ClN2O4S/c1-2-5-15-12(17)11(21-13(15)18)7-8-6-9(16(19)20)3-4-10(8)14/h2-4,6-7H,1,5H2/b11-7-. The Labute approximate surface area is 129 Å². The van der Waals surface area contributed by atoms with Gasteiger partial charge in [0.15, 0.2) is 0 Å². The van der Waals surface area contributed by atoms with E-state index >= 15 is 0 Å². The molecule has 0 aliphatic carbocycles. The van der Waals surface area contributed by atoms with Gasteiger partial charge in [0.05, 0.1) is 9.83 Å². The molecule has 0 saturated carbocycles. The molecule has 1 saturated heterocycles. The number of carbonyl (C=O) groups is 2. The molecule has 8 heteroatoms. The first kappa shape index (κ1) is 15.3. The van der Waals surface area contributed by atoms with Gasteiger partial charge in [-0.1, -0.05) is 17.7 Å². The number of nitro groups is 1. The fourth-order valence-electron chi connectivity index (χ4n) is 1.68. The number of carbonyl (C=O) groups excluding carboxylic acids is 2. The number of nitro benzene ring substituents is 1. The van der Waals surface area contributed by atoms with Crippen molar-refractivity contribution in [3.05, 3.63) is 56.5 Å². The van der Waals surface area contributed by atoms with Crippen molar-refractivity contribution in [3.8, 4) is 0 Å². The molecule has 21 heavy (non-hydrogen) atoms. The Hall–Kier alpha value is -2.12. The molecule has 108 valence electrons. The van der Waals surface area contributed by atoms with E-state index in [1.54, 1.807) is 0 Å². The highest BCUT2D eigenvalue weighted by Crippen LogP contribution is 2.34. The monoisotopic (exact) mass is 324 g/mol. The Balaban J connectivity index is 2.38. The van der Waals surface area contributed by atoms with Crippen molar-refractivity contribution in [1.29, 1.82) is 0 Å². The van der Waals surface area contributed by atoms with Gasteiger partial charge in [-0.15, -0.1) is 6.58 Å². The van der Waals surface area contributed by atoms with E-state index in [-0.39, 0.29) is 22.2 Å². The van der Waals surface area contributed by atoms with Crippen molar-refractivity contribution < 1.29 is 14.5 Å². The number of hydrogen-bond acceptors (Lipinski definition) is 5. The van der Waals surface area contributed by atoms with E-state index in [1.165, 1.54) is 30.4 Å². The molecule has 6 nitrogen and oxygen atoms in total. The molecule has 2 rings (SSSR count). The third kappa shape index (κ3) is 3.14. The number of rotatable bonds is 4. The van der Waals surface area contributed by atoms with E-state index in [1.807, 2.05) is 0 Å². The summed E-state index contributed by atoms with van der Waals surface area (Å²) >= 11 is 6.72. The zero-order valence-electron chi connectivity index (χ0n) is 10.6. The van der Waals surface area contributed by atoms with Gasteiger partial charge in [0, 0.05) is 29.3 Å². The maximum Gasteiger partial charge on any atom is 0.293 e. The van der Waals surface area contributed by atoms with Gasteiger partial charge in [-0.25, -0.2) is 0 Å². The molecule has 0 spiro atoms. The van der Waals surface area contributed by atoms with Crippen LogP contribution in [0.25, 0.3) is 6.08 Å². The molecule has 1 aromatic carbocycles. The molecule has 1 aliphatic rings. The van der Waals surface area contributed by atoms with Crippen LogP contribution in [-0.2, 0) is 4.79 Å². The van der Waals surface area contributed by atoms with Crippen LogP contribution in [0.2, 0.25) is 5.02 Å². The lowest BCUT2D eigenvalue weighted by molar-refractivity contribution is -0.384. The molecule has 0 bridgehead atoms. The zero-order chi connectivity index (χ0) is 15.6. The summed E-state index contributed by atoms with van der Waals surface area (Å²) in [6.45, 7) is 3.59. The minimum Gasteiger partial charge on any atom is -0.268 e. The van der Waals surface area contributed by atoms with Crippen LogP contribution in [0, 0.1) is 10.1 Å². The van der Waals surface area contributed by atoms with Crippen LogP contribution in [0.4, 0.5) is 10.5 Å². The fourth-order valence-corrected chi connectivity index (χ4v) is 2.69. The number of imide groups is 1. The van der Waals surface area contributed by atoms with E-state index in [0.717, 1.165) is 16.7 Å². The highest BCUT2D eigenvalue weighted by molar-refractivity contribution is 8.18. The predicted octanol–water partition coefficient (Wildman–Crippen LogP) is 3.47. The lowest BCUT2D eigenvalue weighted by Crippen LogP contribution is -2.27. The smallest absolute Gasteiger partial charge is 0.268 e. The zero-order valence-corrected chi connectivity index (χ0v) is 12.2. The first-order valence-electron chi connectivity index (χ1n) is 5.74. The number of benzene rings is 1. The normalized spacial score (nSPS) is 16.6. The fraction of sp³-hybridized carbons (Fsp3) is 0.0769. The minimum atomic E-state index is -0.558. The molecule has 0 aromatic heterocycles. The van der Waals surface area contributed by atoms with Crippen LogP contribution in [-0.4, -0.2) is 27.5 Å². The second-order valence-corrected chi connectivity index (χ2v) is 5.44. The number of nitrogens with zero attached hydrogens (tertiary/aromatic N) is 2. The summed E-state index contributed by atoms with van der Waals surface area (Å²) in [4.78, 5) is 35.1. The van der Waals surface area contributed by atoms with Gasteiger partial charge < -0.3 is 0 Å². The highest BCUT2D eigenvalue weighted by atomic mass is 35.5. The average molecular weight is 325 g/mol. The van der Waals surface area contributed by atoms with E-state index < -0.39 is 16.1 Å². The summed E-state index contributed by atoms with van der Waals surface area (Å²) in [6, 6.07) is 3.90. The molecule has 1 heterocycles. The summed E-state index contributed by atoms with van der Waals surface area (Å²) in [5.41, 5.74) is 0.172. The van der Waals surface area contributed by atoms with Crippen LogP contribution in [0.1, 0.15) is 5.56 Å². The summed E-state index contributed by atoms with van der Waals surface area (Å²) in [6.07, 6.45) is 2.82. The van der Waals surface area contributed by atoms with Gasteiger partial charge in [-0.3, -0.25) is 24.6 Å². The summed E-state index contributed by atoms with van der Waals surface area (Å²) < 4.78 is 0. The van der Waals surface area contributed by atoms with Crippen LogP contribution in [0.5, 0.6) is 0 Å². The van der Waals surface area contributed by atoms with Gasteiger partial charge in [-0.05, 0) is 23.9 Å². The number of thioether (sulfide) groups is 1. The molecular formula is C13H9ClN2O4S. The molecule has 0 unspecified atom stereocenters. The number of hydrogen-bond donors (Lipinski definition) is 0. The average Bonchev–Trinajstić information content (AvgIpc) is 2.69. The van der Waals surface area contributed by atoms with Crippen molar-refractivity contribution in [3.63, 3.8) is 0 Å². The van der Waals surface area contributed by atoms with Crippen LogP contribution < -0.4 is 0 Å². The Bertz CT molecular complexity index is 687. The summed E-state index contributed by atoms with van der Waals surface area (Å²) in [5.74, 6) is -0.465. The summed E-state index contributed by atoms with van der Waals surface area (Å²) in [5, 5.41) is 10.6. The second-order valence-electron chi connectivity index (χ2n) is 4.04. The maximum absolute atomic E-state index is 12.0. The molecular weight excluding hydrogens is 316 g/mol. The van der Waals surface area contributed by atoms with Gasteiger partial charge in [0.2, 0.25) is 0 Å². The number of halogens is 1. The van der Waals surface area contributed by atoms with Crippen LogP contribution >= 0.6 is 23.4 Å². The Morgan fingerprint density at radius 3 is 2.76 bits per heavy atom. The Kier molecular flexibility index (Phi) is 4.44. The first-order chi connectivity index (χ1) is 9.93. The topological polar surface area (TPSA) is 80.5 Å². The number of amides is 2. The van der Waals surface area contributed by atoms with Gasteiger partial charge in [-0.2, -0.15) is 0 Å². The first-order valence-corrected chi connectivity index (χ1v) is 6.93. The Morgan fingerprint density at radius 1 is 1.43 bits per heavy atom. The van der Waals surface area contributed by atoms with Crippen molar-refractivity contribution >= 4 is 46.3 Å². The molecule has 1 aromatic rings. The third-order valence-electron chi connectivity index (χ3n) is 2.66. The highest BCUT2D eigenvalue weighted by Gasteiger charge is 2.34. The lowest BCUT2D eigenvalue weighted by Gasteiger charge is -2.07. The van der Waals surface area contributed by atoms with Crippen molar-refractivity contribution in [1.82, 2.24) is 4.90 Å². The van der Waals surface area contributed by atoms with E-state index in [0.29, 0.717) is 5.56 Å². The SMILES string of the molecule is C=CCN1C(=O)S/C(=C\c2cc([N+](=O)[O-])ccc2Cl)C1=O. The molecule has 1 fully saturated rings. The van der Waals surface area contributed by atoms with Crippen molar-refractivity contribution in [2.45, 2.75) is 0 Å². The second kappa shape index (κ2) is 6.11. The number of non-ortho nitro benzene ring substituents is 1. The maximum atomic E-state index is 12.0. The molecule has 0 radical (unpaired) electrons. The third-order valence-corrected chi connectivity index (χ3v) is 3.91. The van der Waals surface area contributed by atoms with E-state index in [9.17, 15) is 19.7 Å². The lowest BCUT2D eigenvalue weighted by atomic mass is 10.2. The molecule has 0 atom stereocenters. The van der Waals surface area contributed by atoms with Crippen LogP contribution in [0.3, 0.4) is 0 Å². The van der Waals surface area contributed by atoms with Crippen molar-refractivity contribution in [2.75, 3.05) is 6.54 Å². The van der Waals surface area contributed by atoms with E-state index in [4.69, 9.17) is 11.6 Å². The van der Waals surface area contributed by atoms with Gasteiger partial charge in [0.25, 0.3) is 16.8 Å². The van der Waals surface area contributed by atoms with E-state index in [2.05, 4.69) is 6.58 Å². The summed E-state index contributed by atoms with van der Waals surface area (Å²) in [7, 11) is 0. The largest absolute Gasteiger partial charge is 0.293 e. The predicted molar refractivity (Wildman–Crippen MR) is 81.0 cm³/mol. The molecule has 0 N–H and O–H groups in total. The van der Waals surface area contributed by atoms with Crippen molar-refractivity contribution in [2.24, 2.45) is 0 Å². The van der Waals surface area contributed by atoms with Gasteiger partial charge >= 0.3 is 0 Å². The van der Waals surface area contributed by atoms with Crippen LogP contribution in [0.15, 0.2) is 35.8 Å². The van der Waals surface area contributed by atoms with Gasteiger partial charge in [0.1, 0.15) is 0 Å². The quantitative estimate of drug-likeness (QED) is 0.366. The Morgan fingerprint density at radius 2 is 2.14 bits per heavy atom. The minimum absolute atomic E-state index is 0.116.